The lowest BCUT2D eigenvalue weighted by Gasteiger charge is -2.36. The second kappa shape index (κ2) is 6.22. The maximum atomic E-state index is 7.03. The van der Waals surface area contributed by atoms with Gasteiger partial charge in [0.05, 0.1) is 4.50 Å². The molecule has 0 aliphatic carbocycles. The van der Waals surface area contributed by atoms with Gasteiger partial charge in [0.25, 0.3) is 0 Å². The number of benzene rings is 1. The predicted octanol–water partition coefficient (Wildman–Crippen LogP) is 4.43. The van der Waals surface area contributed by atoms with Crippen LogP contribution in [0.1, 0.15) is 44.2 Å². The van der Waals surface area contributed by atoms with Gasteiger partial charge in [-0.3, -0.25) is 0 Å². The zero-order valence-corrected chi connectivity index (χ0v) is 13.1. The second-order valence-corrected chi connectivity index (χ2v) is 8.34. The van der Waals surface area contributed by atoms with Crippen LogP contribution in [0.5, 0.6) is 0 Å². The molecule has 0 N–H and O–H groups in total. The van der Waals surface area contributed by atoms with Gasteiger partial charge in [-0.1, -0.05) is 44.5 Å². The van der Waals surface area contributed by atoms with E-state index in [-0.39, 0.29) is 4.50 Å². The van der Waals surface area contributed by atoms with Gasteiger partial charge in [-0.15, -0.1) is 11.6 Å². The summed E-state index contributed by atoms with van der Waals surface area (Å²) < 4.78 is 5.81. The number of hydrogen-bond acceptors (Lipinski definition) is 1. The van der Waals surface area contributed by atoms with Crippen molar-refractivity contribution >= 4 is 20.6 Å². The number of rotatable bonds is 4. The second-order valence-electron chi connectivity index (χ2n) is 4.89. The predicted molar refractivity (Wildman–Crippen MR) is 79.4 cm³/mol. The molecule has 1 aromatic rings. The fourth-order valence-corrected chi connectivity index (χ4v) is 6.02. The molecule has 1 radical (unpaired) electrons. The molecule has 0 aromatic heterocycles. The van der Waals surface area contributed by atoms with E-state index in [0.29, 0.717) is 0 Å². The van der Waals surface area contributed by atoms with Crippen LogP contribution in [0.2, 0.25) is 6.04 Å². The molecule has 1 aliphatic heterocycles. The van der Waals surface area contributed by atoms with Crippen LogP contribution >= 0.6 is 11.6 Å². The van der Waals surface area contributed by atoms with Gasteiger partial charge in [0.15, 0.2) is 0 Å². The molecule has 1 nitrogen and oxygen atoms in total. The third-order valence-corrected chi connectivity index (χ3v) is 7.80. The molecule has 1 heterocycles. The quantitative estimate of drug-likeness (QED) is 0.586. The molecule has 1 aromatic carbocycles. The minimum Gasteiger partial charge on any atom is -0.414 e. The summed E-state index contributed by atoms with van der Waals surface area (Å²) in [7, 11) is -0.955. The van der Waals surface area contributed by atoms with E-state index in [1.807, 2.05) is 0 Å². The van der Waals surface area contributed by atoms with Crippen LogP contribution in [0.15, 0.2) is 24.3 Å². The third-order valence-electron chi connectivity index (χ3n) is 3.83. The average molecular weight is 282 g/mol. The van der Waals surface area contributed by atoms with Crippen LogP contribution in [0.3, 0.4) is 0 Å². The highest BCUT2D eigenvalue weighted by Gasteiger charge is 2.42. The Bertz CT molecular complexity index is 390. The summed E-state index contributed by atoms with van der Waals surface area (Å²) in [5, 5.41) is 0. The Kier molecular flexibility index (Phi) is 4.88. The zero-order valence-electron chi connectivity index (χ0n) is 11.3. The lowest BCUT2D eigenvalue weighted by molar-refractivity contribution is 0.274. The summed E-state index contributed by atoms with van der Waals surface area (Å²) in [6.07, 6.45) is 4.47. The summed E-state index contributed by atoms with van der Waals surface area (Å²) in [5.74, 6) is 0. The Morgan fingerprint density at radius 2 is 2.06 bits per heavy atom. The minimum atomic E-state index is -0.955. The smallest absolute Gasteiger partial charge is 0.237 e. The van der Waals surface area contributed by atoms with E-state index in [0.717, 1.165) is 19.4 Å². The fourth-order valence-electron chi connectivity index (χ4n) is 2.72. The summed E-state index contributed by atoms with van der Waals surface area (Å²) in [6.45, 7) is 5.29. The van der Waals surface area contributed by atoms with Gasteiger partial charge in [0.1, 0.15) is 0 Å². The van der Waals surface area contributed by atoms with E-state index >= 15 is 0 Å². The van der Waals surface area contributed by atoms with Gasteiger partial charge in [0, 0.05) is 6.61 Å². The van der Waals surface area contributed by atoms with Crippen LogP contribution in [0.4, 0.5) is 0 Å². The molecule has 99 valence electrons. The monoisotopic (exact) mass is 281 g/mol. The highest BCUT2D eigenvalue weighted by atomic mass is 35.5. The molecule has 0 bridgehead atoms. The molecule has 2 rings (SSSR count). The topological polar surface area (TPSA) is 9.23 Å². The Hall–Kier alpha value is -0.313. The summed E-state index contributed by atoms with van der Waals surface area (Å²) >= 11 is 7.03. The van der Waals surface area contributed by atoms with Crippen molar-refractivity contribution in [1.82, 2.24) is 0 Å². The first kappa shape index (κ1) is 14.1. The number of halogens is 1. The molecule has 1 unspecified atom stereocenters. The molecular weight excluding hydrogens is 260 g/mol. The molecule has 3 heteroatoms. The largest absolute Gasteiger partial charge is 0.414 e. The fraction of sp³-hybridized carbons (Fsp3) is 0.600. The van der Waals surface area contributed by atoms with Gasteiger partial charge in [-0.25, -0.2) is 0 Å². The Balaban J connectivity index is 2.35. The summed E-state index contributed by atoms with van der Waals surface area (Å²) in [6, 6.07) is 9.79. The number of hydrogen-bond donors (Lipinski definition) is 0. The van der Waals surface area contributed by atoms with Crippen LogP contribution in [0.25, 0.3) is 0 Å². The first-order chi connectivity index (χ1) is 8.72. The molecule has 18 heavy (non-hydrogen) atoms. The maximum absolute atomic E-state index is 7.03. The molecule has 0 spiro atoms. The molecule has 1 aliphatic rings. The van der Waals surface area contributed by atoms with Crippen LogP contribution in [-0.2, 0) is 15.3 Å². The van der Waals surface area contributed by atoms with Crippen LogP contribution in [-0.4, -0.2) is 15.6 Å². The van der Waals surface area contributed by atoms with Crippen molar-refractivity contribution in [2.75, 3.05) is 6.61 Å². The van der Waals surface area contributed by atoms with E-state index in [4.69, 9.17) is 16.0 Å². The minimum absolute atomic E-state index is 0.252. The van der Waals surface area contributed by atoms with E-state index in [2.05, 4.69) is 38.1 Å². The average Bonchev–Trinajstić information content (AvgIpc) is 2.47. The van der Waals surface area contributed by atoms with Crippen LogP contribution < -0.4 is 0 Å². The molecule has 1 atom stereocenters. The van der Waals surface area contributed by atoms with Crippen molar-refractivity contribution in [2.24, 2.45) is 0 Å². The van der Waals surface area contributed by atoms with E-state index in [1.165, 1.54) is 30.0 Å². The Labute approximate surface area is 117 Å². The molecule has 1 saturated heterocycles. The molecule has 1 fully saturated rings. The van der Waals surface area contributed by atoms with Crippen molar-refractivity contribution in [2.45, 2.75) is 50.1 Å². The van der Waals surface area contributed by atoms with Gasteiger partial charge in [-0.2, -0.15) is 0 Å². The SMILES string of the molecule is CCc1ccccc1C(Cl)(CC)[Si]1CCCCO1. The van der Waals surface area contributed by atoms with Crippen molar-refractivity contribution in [3.8, 4) is 0 Å². The molecule has 0 saturated carbocycles. The van der Waals surface area contributed by atoms with Crippen molar-refractivity contribution in [3.63, 3.8) is 0 Å². The van der Waals surface area contributed by atoms with Gasteiger partial charge in [-0.05, 0) is 36.4 Å². The van der Waals surface area contributed by atoms with Crippen molar-refractivity contribution in [1.29, 1.82) is 0 Å². The van der Waals surface area contributed by atoms with Crippen LogP contribution in [0, 0.1) is 0 Å². The lowest BCUT2D eigenvalue weighted by Crippen LogP contribution is -2.43. The maximum Gasteiger partial charge on any atom is 0.237 e. The summed E-state index contributed by atoms with van der Waals surface area (Å²) in [4.78, 5) is 0. The van der Waals surface area contributed by atoms with Gasteiger partial charge in [0.2, 0.25) is 9.04 Å². The first-order valence-corrected chi connectivity index (χ1v) is 8.98. The lowest BCUT2D eigenvalue weighted by atomic mass is 10.0. The van der Waals surface area contributed by atoms with E-state index in [9.17, 15) is 0 Å². The standard InChI is InChI=1S/C15H22ClOSi/c1-3-13-9-5-6-10-14(13)15(16,4-2)18-12-8-7-11-17-18/h5-6,9-10H,3-4,7-8,11-12H2,1-2H3. The number of alkyl halides is 1. The first-order valence-electron chi connectivity index (χ1n) is 6.98. The third kappa shape index (κ3) is 2.66. The van der Waals surface area contributed by atoms with E-state index in [1.54, 1.807) is 0 Å². The van der Waals surface area contributed by atoms with E-state index < -0.39 is 9.04 Å². The highest BCUT2D eigenvalue weighted by molar-refractivity contribution is 6.67. The van der Waals surface area contributed by atoms with Gasteiger partial charge < -0.3 is 4.43 Å². The highest BCUT2D eigenvalue weighted by Crippen LogP contribution is 2.41. The normalized spacial score (nSPS) is 20.6. The Morgan fingerprint density at radius 1 is 1.28 bits per heavy atom. The van der Waals surface area contributed by atoms with Gasteiger partial charge >= 0.3 is 0 Å². The zero-order chi connectivity index (χ0) is 13.0. The molecule has 0 amide bonds. The Morgan fingerprint density at radius 3 is 2.67 bits per heavy atom. The van der Waals surface area contributed by atoms with Crippen molar-refractivity contribution < 1.29 is 4.43 Å². The summed E-state index contributed by atoms with van der Waals surface area (Å²) in [5.41, 5.74) is 2.69. The molecular formula is C15H22ClOSi. The number of aryl methyl sites for hydroxylation is 1. The van der Waals surface area contributed by atoms with Crippen molar-refractivity contribution in [3.05, 3.63) is 35.4 Å².